The molecule has 0 aliphatic rings. The number of ether oxygens (including phenoxy) is 1. The zero-order valence-corrected chi connectivity index (χ0v) is 9.50. The van der Waals surface area contributed by atoms with E-state index < -0.39 is 12.0 Å². The Kier molecular flexibility index (Phi) is 4.43. The first-order valence-corrected chi connectivity index (χ1v) is 5.21. The van der Waals surface area contributed by atoms with Crippen molar-refractivity contribution in [3.63, 3.8) is 0 Å². The minimum absolute atomic E-state index is 0.00574. The molecule has 0 heterocycles. The molecule has 0 spiro atoms. The minimum Gasteiger partial charge on any atom is -0.466 e. The van der Waals surface area contributed by atoms with Crippen LogP contribution in [0.5, 0.6) is 0 Å². The van der Waals surface area contributed by atoms with Gasteiger partial charge in [-0.3, -0.25) is 4.79 Å². The molecule has 16 heavy (non-hydrogen) atoms. The van der Waals surface area contributed by atoms with E-state index in [4.69, 9.17) is 10.5 Å². The van der Waals surface area contributed by atoms with Gasteiger partial charge >= 0.3 is 5.97 Å². The zero-order valence-electron chi connectivity index (χ0n) is 9.50. The summed E-state index contributed by atoms with van der Waals surface area (Å²) >= 11 is 0. The average Bonchev–Trinajstić information content (AvgIpc) is 2.21. The maximum atomic E-state index is 13.4. The number of benzene rings is 1. The topological polar surface area (TPSA) is 52.3 Å². The molecule has 0 radical (unpaired) electrons. The van der Waals surface area contributed by atoms with E-state index in [0.717, 1.165) is 5.56 Å². The summed E-state index contributed by atoms with van der Waals surface area (Å²) in [6.07, 6.45) is -0.00574. The van der Waals surface area contributed by atoms with Crippen LogP contribution in [-0.2, 0) is 9.53 Å². The lowest BCUT2D eigenvalue weighted by molar-refractivity contribution is -0.143. The van der Waals surface area contributed by atoms with E-state index in [2.05, 4.69) is 0 Å². The Labute approximate surface area is 94.4 Å². The molecule has 1 rings (SSSR count). The van der Waals surface area contributed by atoms with Crippen molar-refractivity contribution in [2.45, 2.75) is 26.3 Å². The van der Waals surface area contributed by atoms with Crippen LogP contribution in [0.2, 0.25) is 0 Å². The molecule has 0 aromatic heterocycles. The first kappa shape index (κ1) is 12.6. The Hall–Kier alpha value is -1.42. The summed E-state index contributed by atoms with van der Waals surface area (Å²) in [6, 6.07) is 4.02. The van der Waals surface area contributed by atoms with Gasteiger partial charge in [0.25, 0.3) is 0 Å². The second-order valence-corrected chi connectivity index (χ2v) is 3.64. The number of hydrogen-bond acceptors (Lipinski definition) is 3. The molecule has 0 unspecified atom stereocenters. The van der Waals surface area contributed by atoms with E-state index in [-0.39, 0.29) is 12.2 Å². The van der Waals surface area contributed by atoms with Crippen molar-refractivity contribution in [3.8, 4) is 0 Å². The molecule has 0 amide bonds. The molecule has 0 saturated carbocycles. The standard InChI is InChI=1S/C12H16FNO2/c1-3-16-12(15)7-11(14)9-6-8(2)4-5-10(9)13/h4-6,11H,3,7,14H2,1-2H3/t11-/m1/s1. The van der Waals surface area contributed by atoms with Gasteiger partial charge in [0, 0.05) is 11.6 Å². The van der Waals surface area contributed by atoms with Crippen molar-refractivity contribution in [1.29, 1.82) is 0 Å². The summed E-state index contributed by atoms with van der Waals surface area (Å²) < 4.78 is 18.2. The molecule has 0 fully saturated rings. The Morgan fingerprint density at radius 2 is 2.25 bits per heavy atom. The van der Waals surface area contributed by atoms with E-state index in [9.17, 15) is 9.18 Å². The molecule has 4 heteroatoms. The van der Waals surface area contributed by atoms with Crippen LogP contribution in [0.1, 0.15) is 30.5 Å². The summed E-state index contributed by atoms with van der Waals surface area (Å²) in [5, 5.41) is 0. The summed E-state index contributed by atoms with van der Waals surface area (Å²) in [7, 11) is 0. The Morgan fingerprint density at radius 3 is 2.88 bits per heavy atom. The van der Waals surface area contributed by atoms with Crippen LogP contribution in [0.3, 0.4) is 0 Å². The van der Waals surface area contributed by atoms with Gasteiger partial charge in [-0.1, -0.05) is 17.7 Å². The number of hydrogen-bond donors (Lipinski definition) is 1. The Balaban J connectivity index is 2.76. The number of carbonyl (C=O) groups excluding carboxylic acids is 1. The predicted molar refractivity (Wildman–Crippen MR) is 59.3 cm³/mol. The minimum atomic E-state index is -0.654. The van der Waals surface area contributed by atoms with Gasteiger partial charge in [0.05, 0.1) is 13.0 Å². The molecule has 88 valence electrons. The monoisotopic (exact) mass is 225 g/mol. The van der Waals surface area contributed by atoms with E-state index in [1.165, 1.54) is 6.07 Å². The van der Waals surface area contributed by atoms with Crippen LogP contribution >= 0.6 is 0 Å². The summed E-state index contributed by atoms with van der Waals surface area (Å²) in [5.74, 6) is -0.793. The molecular weight excluding hydrogens is 209 g/mol. The maximum absolute atomic E-state index is 13.4. The van der Waals surface area contributed by atoms with Gasteiger partial charge in [-0.15, -0.1) is 0 Å². The van der Waals surface area contributed by atoms with Crippen molar-refractivity contribution in [1.82, 2.24) is 0 Å². The van der Waals surface area contributed by atoms with Crippen molar-refractivity contribution in [2.24, 2.45) is 5.73 Å². The SMILES string of the molecule is CCOC(=O)C[C@@H](N)c1cc(C)ccc1F. The average molecular weight is 225 g/mol. The smallest absolute Gasteiger partial charge is 0.307 e. The molecule has 0 saturated heterocycles. The van der Waals surface area contributed by atoms with Crippen LogP contribution in [0.25, 0.3) is 0 Å². The Morgan fingerprint density at radius 1 is 1.56 bits per heavy atom. The van der Waals surface area contributed by atoms with E-state index in [1.807, 2.05) is 6.92 Å². The summed E-state index contributed by atoms with van der Waals surface area (Å²) in [4.78, 5) is 11.2. The normalized spacial score (nSPS) is 12.2. The number of rotatable bonds is 4. The molecule has 1 aromatic carbocycles. The molecular formula is C12H16FNO2. The lowest BCUT2D eigenvalue weighted by Gasteiger charge is -2.12. The van der Waals surface area contributed by atoms with Crippen LogP contribution in [0, 0.1) is 12.7 Å². The van der Waals surface area contributed by atoms with Crippen molar-refractivity contribution in [2.75, 3.05) is 6.61 Å². The largest absolute Gasteiger partial charge is 0.466 e. The highest BCUT2D eigenvalue weighted by Crippen LogP contribution is 2.19. The lowest BCUT2D eigenvalue weighted by Crippen LogP contribution is -2.18. The molecule has 1 aromatic rings. The number of halogens is 1. The van der Waals surface area contributed by atoms with Crippen molar-refractivity contribution < 1.29 is 13.9 Å². The number of nitrogens with two attached hydrogens (primary N) is 1. The van der Waals surface area contributed by atoms with Crippen LogP contribution in [0.15, 0.2) is 18.2 Å². The van der Waals surface area contributed by atoms with Gasteiger partial charge in [-0.25, -0.2) is 4.39 Å². The number of aryl methyl sites for hydroxylation is 1. The quantitative estimate of drug-likeness (QED) is 0.798. The van der Waals surface area contributed by atoms with Crippen molar-refractivity contribution >= 4 is 5.97 Å². The second kappa shape index (κ2) is 5.61. The molecule has 1 atom stereocenters. The fourth-order valence-corrected chi connectivity index (χ4v) is 1.46. The molecule has 0 aliphatic carbocycles. The van der Waals surface area contributed by atoms with E-state index >= 15 is 0 Å². The number of esters is 1. The maximum Gasteiger partial charge on any atom is 0.307 e. The molecule has 0 bridgehead atoms. The van der Waals surface area contributed by atoms with Gasteiger partial charge in [-0.2, -0.15) is 0 Å². The van der Waals surface area contributed by atoms with Gasteiger partial charge in [0.15, 0.2) is 0 Å². The zero-order chi connectivity index (χ0) is 12.1. The third-order valence-electron chi connectivity index (χ3n) is 2.24. The highest BCUT2D eigenvalue weighted by Gasteiger charge is 2.16. The first-order chi connectivity index (χ1) is 7.54. The number of carbonyl (C=O) groups is 1. The van der Waals surface area contributed by atoms with Crippen molar-refractivity contribution in [3.05, 3.63) is 35.1 Å². The third kappa shape index (κ3) is 3.31. The molecule has 3 nitrogen and oxygen atoms in total. The van der Waals surface area contributed by atoms with Crippen LogP contribution < -0.4 is 5.73 Å². The fraction of sp³-hybridized carbons (Fsp3) is 0.417. The third-order valence-corrected chi connectivity index (χ3v) is 2.24. The summed E-state index contributed by atoms with van der Waals surface area (Å²) in [6.45, 7) is 3.87. The fourth-order valence-electron chi connectivity index (χ4n) is 1.46. The van der Waals surface area contributed by atoms with Crippen LogP contribution in [-0.4, -0.2) is 12.6 Å². The van der Waals surface area contributed by atoms with Gasteiger partial charge in [0.2, 0.25) is 0 Å². The van der Waals surface area contributed by atoms with Gasteiger partial charge in [-0.05, 0) is 19.9 Å². The first-order valence-electron chi connectivity index (χ1n) is 5.21. The highest BCUT2D eigenvalue weighted by molar-refractivity contribution is 5.70. The Bertz CT molecular complexity index is 379. The van der Waals surface area contributed by atoms with Gasteiger partial charge < -0.3 is 10.5 Å². The predicted octanol–water partition coefficient (Wildman–Crippen LogP) is 2.09. The molecule has 2 N–H and O–H groups in total. The second-order valence-electron chi connectivity index (χ2n) is 3.64. The van der Waals surface area contributed by atoms with E-state index in [0.29, 0.717) is 12.2 Å². The van der Waals surface area contributed by atoms with Crippen LogP contribution in [0.4, 0.5) is 4.39 Å². The molecule has 0 aliphatic heterocycles. The van der Waals surface area contributed by atoms with Gasteiger partial charge in [0.1, 0.15) is 5.82 Å². The summed E-state index contributed by atoms with van der Waals surface area (Å²) in [5.41, 5.74) is 7.02. The lowest BCUT2D eigenvalue weighted by atomic mass is 10.0. The van der Waals surface area contributed by atoms with E-state index in [1.54, 1.807) is 19.1 Å². The highest BCUT2D eigenvalue weighted by atomic mass is 19.1.